The highest BCUT2D eigenvalue weighted by Crippen LogP contribution is 2.28. The molecule has 2 fully saturated rings. The Morgan fingerprint density at radius 2 is 1.82 bits per heavy atom. The van der Waals surface area contributed by atoms with Gasteiger partial charge in [0.15, 0.2) is 0 Å². The summed E-state index contributed by atoms with van der Waals surface area (Å²) in [6, 6.07) is 0. The van der Waals surface area contributed by atoms with E-state index in [2.05, 4.69) is 10.0 Å². The van der Waals surface area contributed by atoms with Crippen LogP contribution in [0.25, 0.3) is 0 Å². The first-order valence-corrected chi connectivity index (χ1v) is 7.56. The Kier molecular flexibility index (Phi) is 4.01. The van der Waals surface area contributed by atoms with Gasteiger partial charge in [-0.2, -0.15) is 12.7 Å². The summed E-state index contributed by atoms with van der Waals surface area (Å²) in [7, 11) is -3.33. The Morgan fingerprint density at radius 1 is 1.18 bits per heavy atom. The maximum absolute atomic E-state index is 11.7. The highest BCUT2D eigenvalue weighted by atomic mass is 32.2. The van der Waals surface area contributed by atoms with Gasteiger partial charge >= 0.3 is 0 Å². The molecule has 98 valence electrons. The molecule has 1 aliphatic carbocycles. The van der Waals surface area contributed by atoms with Crippen LogP contribution in [0, 0.1) is 5.92 Å². The van der Waals surface area contributed by atoms with E-state index in [0.717, 1.165) is 25.7 Å². The summed E-state index contributed by atoms with van der Waals surface area (Å²) < 4.78 is 27.4. The molecule has 0 atom stereocenters. The standard InChI is InChI=1S/C10H19N3O3S/c14-10(9-3-4-9)11-5-6-12-17(15,16)13-7-1-2-8-13/h9,12H,1-8H2,(H,11,14). The average molecular weight is 261 g/mol. The lowest BCUT2D eigenvalue weighted by molar-refractivity contribution is -0.122. The fraction of sp³-hybridized carbons (Fsp3) is 0.900. The number of nitrogens with one attached hydrogen (secondary N) is 2. The van der Waals surface area contributed by atoms with Crippen molar-refractivity contribution >= 4 is 16.1 Å². The Bertz CT molecular complexity index is 372. The monoisotopic (exact) mass is 261 g/mol. The average Bonchev–Trinajstić information content (AvgIpc) is 2.99. The van der Waals surface area contributed by atoms with Gasteiger partial charge < -0.3 is 5.32 Å². The van der Waals surface area contributed by atoms with Crippen molar-refractivity contribution in [3.05, 3.63) is 0 Å². The van der Waals surface area contributed by atoms with Crippen LogP contribution in [0.4, 0.5) is 0 Å². The van der Waals surface area contributed by atoms with Crippen molar-refractivity contribution in [2.24, 2.45) is 5.92 Å². The summed E-state index contributed by atoms with van der Waals surface area (Å²) in [5.41, 5.74) is 0. The van der Waals surface area contributed by atoms with E-state index < -0.39 is 10.2 Å². The molecule has 6 nitrogen and oxygen atoms in total. The lowest BCUT2D eigenvalue weighted by Gasteiger charge is -2.16. The number of amides is 1. The minimum atomic E-state index is -3.33. The lowest BCUT2D eigenvalue weighted by atomic mass is 10.4. The molecule has 0 spiro atoms. The van der Waals surface area contributed by atoms with Gasteiger partial charge in [0.05, 0.1) is 0 Å². The molecule has 2 rings (SSSR count). The van der Waals surface area contributed by atoms with Crippen LogP contribution in [0.1, 0.15) is 25.7 Å². The van der Waals surface area contributed by atoms with Crippen molar-refractivity contribution in [3.63, 3.8) is 0 Å². The van der Waals surface area contributed by atoms with Gasteiger partial charge in [-0.1, -0.05) is 0 Å². The van der Waals surface area contributed by atoms with Crippen molar-refractivity contribution in [3.8, 4) is 0 Å². The molecule has 7 heteroatoms. The number of carbonyl (C=O) groups excluding carboxylic acids is 1. The van der Waals surface area contributed by atoms with E-state index in [1.54, 1.807) is 0 Å². The summed E-state index contributed by atoms with van der Waals surface area (Å²) in [4.78, 5) is 11.3. The third-order valence-corrected chi connectivity index (χ3v) is 4.68. The molecule has 1 aliphatic heterocycles. The molecule has 0 aromatic carbocycles. The van der Waals surface area contributed by atoms with Gasteiger partial charge in [0.25, 0.3) is 10.2 Å². The summed E-state index contributed by atoms with van der Waals surface area (Å²) in [6.07, 6.45) is 3.79. The number of nitrogens with zero attached hydrogens (tertiary/aromatic N) is 1. The molecule has 1 saturated heterocycles. The fourth-order valence-electron chi connectivity index (χ4n) is 1.88. The van der Waals surface area contributed by atoms with E-state index in [1.807, 2.05) is 0 Å². The second-order valence-corrected chi connectivity index (χ2v) is 6.33. The van der Waals surface area contributed by atoms with Crippen LogP contribution in [0.2, 0.25) is 0 Å². The Labute approximate surface area is 102 Å². The molecule has 0 radical (unpaired) electrons. The minimum Gasteiger partial charge on any atom is -0.355 e. The van der Waals surface area contributed by atoms with Crippen molar-refractivity contribution in [1.82, 2.24) is 14.3 Å². The van der Waals surface area contributed by atoms with Gasteiger partial charge in [0.2, 0.25) is 5.91 Å². The quantitative estimate of drug-likeness (QED) is 0.629. The van der Waals surface area contributed by atoms with Crippen molar-refractivity contribution in [2.75, 3.05) is 26.2 Å². The zero-order valence-corrected chi connectivity index (χ0v) is 10.6. The van der Waals surface area contributed by atoms with E-state index in [9.17, 15) is 13.2 Å². The molecule has 0 aromatic heterocycles. The molecule has 17 heavy (non-hydrogen) atoms. The van der Waals surface area contributed by atoms with E-state index in [4.69, 9.17) is 0 Å². The maximum atomic E-state index is 11.7. The lowest BCUT2D eigenvalue weighted by Crippen LogP contribution is -2.42. The third-order valence-electron chi connectivity index (χ3n) is 3.06. The second kappa shape index (κ2) is 5.32. The highest BCUT2D eigenvalue weighted by Gasteiger charge is 2.29. The number of carbonyl (C=O) groups is 1. The Morgan fingerprint density at radius 3 is 2.41 bits per heavy atom. The molecule has 0 bridgehead atoms. The summed E-state index contributed by atoms with van der Waals surface area (Å²) >= 11 is 0. The zero-order chi connectivity index (χ0) is 12.3. The van der Waals surface area contributed by atoms with E-state index in [1.165, 1.54) is 4.31 Å². The first-order valence-electron chi connectivity index (χ1n) is 6.12. The summed E-state index contributed by atoms with van der Waals surface area (Å²) in [5, 5.41) is 2.72. The molecule has 1 saturated carbocycles. The molecule has 2 aliphatic rings. The van der Waals surface area contributed by atoms with Gasteiger partial charge in [-0.3, -0.25) is 4.79 Å². The fourth-order valence-corrected chi connectivity index (χ4v) is 3.16. The molecular weight excluding hydrogens is 242 g/mol. The van der Waals surface area contributed by atoms with Gasteiger partial charge in [0, 0.05) is 32.1 Å². The topological polar surface area (TPSA) is 78.5 Å². The van der Waals surface area contributed by atoms with Crippen LogP contribution in [-0.4, -0.2) is 44.8 Å². The van der Waals surface area contributed by atoms with Crippen LogP contribution in [0.15, 0.2) is 0 Å². The van der Waals surface area contributed by atoms with Gasteiger partial charge in [0.1, 0.15) is 0 Å². The molecular formula is C10H19N3O3S. The predicted octanol–water partition coefficient (Wildman–Crippen LogP) is -0.557. The van der Waals surface area contributed by atoms with Crippen LogP contribution in [0.3, 0.4) is 0 Å². The largest absolute Gasteiger partial charge is 0.355 e. The van der Waals surface area contributed by atoms with Crippen molar-refractivity contribution < 1.29 is 13.2 Å². The number of hydrogen-bond donors (Lipinski definition) is 2. The van der Waals surface area contributed by atoms with Crippen LogP contribution < -0.4 is 10.0 Å². The smallest absolute Gasteiger partial charge is 0.279 e. The van der Waals surface area contributed by atoms with E-state index >= 15 is 0 Å². The first-order chi connectivity index (χ1) is 8.09. The normalized spacial score (nSPS) is 21.6. The first kappa shape index (κ1) is 12.8. The van der Waals surface area contributed by atoms with Crippen LogP contribution in [-0.2, 0) is 15.0 Å². The van der Waals surface area contributed by atoms with Gasteiger partial charge in [-0.25, -0.2) is 4.72 Å². The van der Waals surface area contributed by atoms with Crippen LogP contribution in [0.5, 0.6) is 0 Å². The SMILES string of the molecule is O=C(NCCNS(=O)(=O)N1CCCC1)C1CC1. The van der Waals surface area contributed by atoms with Crippen molar-refractivity contribution in [2.45, 2.75) is 25.7 Å². The Balaban J connectivity index is 1.64. The predicted molar refractivity (Wildman–Crippen MR) is 63.5 cm³/mol. The second-order valence-electron chi connectivity index (χ2n) is 4.57. The van der Waals surface area contributed by atoms with Gasteiger partial charge in [-0.05, 0) is 25.7 Å². The molecule has 2 N–H and O–H groups in total. The zero-order valence-electron chi connectivity index (χ0n) is 9.81. The number of rotatable bonds is 6. The van der Waals surface area contributed by atoms with Crippen LogP contribution >= 0.6 is 0 Å². The summed E-state index contributed by atoms with van der Waals surface area (Å²) in [5.74, 6) is 0.218. The molecule has 0 aromatic rings. The maximum Gasteiger partial charge on any atom is 0.279 e. The number of hydrogen-bond acceptors (Lipinski definition) is 3. The minimum absolute atomic E-state index is 0.0466. The third kappa shape index (κ3) is 3.65. The highest BCUT2D eigenvalue weighted by molar-refractivity contribution is 7.87. The molecule has 1 heterocycles. The molecule has 0 unspecified atom stereocenters. The molecule has 1 amide bonds. The van der Waals surface area contributed by atoms with Gasteiger partial charge in [-0.15, -0.1) is 0 Å². The Hall–Kier alpha value is -0.660. The van der Waals surface area contributed by atoms with E-state index in [0.29, 0.717) is 19.6 Å². The van der Waals surface area contributed by atoms with Crippen molar-refractivity contribution in [1.29, 1.82) is 0 Å². The van der Waals surface area contributed by atoms with E-state index in [-0.39, 0.29) is 18.4 Å². The summed E-state index contributed by atoms with van der Waals surface area (Å²) in [6.45, 7) is 1.83.